The SMILES string of the molecule is CCOC(=O)c1cccc(OCc2ccc3c(c2)OCO3)c1C(=O)O. The highest BCUT2D eigenvalue weighted by Gasteiger charge is 2.22. The fraction of sp³-hybridized carbons (Fsp3) is 0.222. The lowest BCUT2D eigenvalue weighted by atomic mass is 10.1. The first-order chi connectivity index (χ1) is 12.1. The van der Waals surface area contributed by atoms with E-state index >= 15 is 0 Å². The van der Waals surface area contributed by atoms with Crippen molar-refractivity contribution >= 4 is 11.9 Å². The van der Waals surface area contributed by atoms with Crippen molar-refractivity contribution in [3.05, 3.63) is 53.1 Å². The van der Waals surface area contributed by atoms with Gasteiger partial charge < -0.3 is 24.1 Å². The Labute approximate surface area is 143 Å². The second kappa shape index (κ2) is 7.12. The summed E-state index contributed by atoms with van der Waals surface area (Å²) in [6.45, 7) is 2.09. The topological polar surface area (TPSA) is 91.3 Å². The normalized spacial score (nSPS) is 11.9. The molecule has 0 bridgehead atoms. The first-order valence-corrected chi connectivity index (χ1v) is 7.65. The number of esters is 1. The van der Waals surface area contributed by atoms with Gasteiger partial charge in [-0.25, -0.2) is 9.59 Å². The van der Waals surface area contributed by atoms with Crippen molar-refractivity contribution < 1.29 is 33.6 Å². The van der Waals surface area contributed by atoms with Crippen LogP contribution in [0.3, 0.4) is 0 Å². The maximum absolute atomic E-state index is 12.0. The molecule has 3 rings (SSSR count). The van der Waals surface area contributed by atoms with Crippen molar-refractivity contribution in [2.45, 2.75) is 13.5 Å². The fourth-order valence-electron chi connectivity index (χ4n) is 2.44. The average molecular weight is 344 g/mol. The number of aromatic carboxylic acids is 1. The lowest BCUT2D eigenvalue weighted by molar-refractivity contribution is 0.0513. The minimum absolute atomic E-state index is 0.0439. The van der Waals surface area contributed by atoms with E-state index in [2.05, 4.69) is 0 Å². The molecule has 7 nitrogen and oxygen atoms in total. The molecular weight excluding hydrogens is 328 g/mol. The van der Waals surface area contributed by atoms with Gasteiger partial charge in [0.15, 0.2) is 11.5 Å². The molecule has 0 radical (unpaired) electrons. The molecule has 0 saturated carbocycles. The molecule has 7 heteroatoms. The molecule has 25 heavy (non-hydrogen) atoms. The summed E-state index contributed by atoms with van der Waals surface area (Å²) in [5, 5.41) is 9.46. The van der Waals surface area contributed by atoms with Gasteiger partial charge in [0.05, 0.1) is 12.2 Å². The van der Waals surface area contributed by atoms with E-state index in [1.807, 2.05) is 0 Å². The third-order valence-corrected chi connectivity index (χ3v) is 3.57. The predicted molar refractivity (Wildman–Crippen MR) is 86.3 cm³/mol. The lowest BCUT2D eigenvalue weighted by Crippen LogP contribution is -2.13. The molecule has 130 valence electrons. The van der Waals surface area contributed by atoms with Gasteiger partial charge >= 0.3 is 11.9 Å². The molecule has 0 fully saturated rings. The monoisotopic (exact) mass is 344 g/mol. The minimum atomic E-state index is -1.26. The summed E-state index contributed by atoms with van der Waals surface area (Å²) in [6.07, 6.45) is 0. The highest BCUT2D eigenvalue weighted by atomic mass is 16.7. The summed E-state index contributed by atoms with van der Waals surface area (Å²) < 4.78 is 21.1. The number of rotatable bonds is 6. The zero-order valence-electron chi connectivity index (χ0n) is 13.5. The standard InChI is InChI=1S/C18H16O7/c1-2-22-18(21)12-4-3-5-14(16(12)17(19)20)23-9-11-6-7-13-15(8-11)25-10-24-13/h3-8H,2,9-10H2,1H3,(H,19,20). The van der Waals surface area contributed by atoms with Crippen LogP contribution in [0.25, 0.3) is 0 Å². The summed E-state index contributed by atoms with van der Waals surface area (Å²) in [6, 6.07) is 9.76. The summed E-state index contributed by atoms with van der Waals surface area (Å²) in [4.78, 5) is 23.5. The van der Waals surface area contributed by atoms with Gasteiger partial charge in [-0.1, -0.05) is 12.1 Å². The summed E-state index contributed by atoms with van der Waals surface area (Å²) in [7, 11) is 0. The van der Waals surface area contributed by atoms with Crippen molar-refractivity contribution in [2.75, 3.05) is 13.4 Å². The van der Waals surface area contributed by atoms with E-state index in [0.717, 1.165) is 5.56 Å². The predicted octanol–water partition coefficient (Wildman–Crippen LogP) is 2.87. The van der Waals surface area contributed by atoms with Crippen LogP contribution in [0.1, 0.15) is 33.2 Å². The third kappa shape index (κ3) is 3.50. The Morgan fingerprint density at radius 1 is 1.16 bits per heavy atom. The van der Waals surface area contributed by atoms with E-state index in [4.69, 9.17) is 18.9 Å². The number of fused-ring (bicyclic) bond motifs is 1. The number of carboxylic acids is 1. The molecule has 2 aromatic rings. The number of ether oxygens (including phenoxy) is 4. The molecule has 1 aliphatic heterocycles. The van der Waals surface area contributed by atoms with Crippen LogP contribution in [-0.2, 0) is 11.3 Å². The summed E-state index contributed by atoms with van der Waals surface area (Å²) in [5.74, 6) is -0.604. The number of hydrogen-bond acceptors (Lipinski definition) is 6. The van der Waals surface area contributed by atoms with Crippen LogP contribution < -0.4 is 14.2 Å². The molecule has 0 unspecified atom stereocenters. The van der Waals surface area contributed by atoms with Gasteiger partial charge in [-0.05, 0) is 36.8 Å². The second-order valence-electron chi connectivity index (χ2n) is 5.18. The van der Waals surface area contributed by atoms with Crippen LogP contribution in [0.2, 0.25) is 0 Å². The number of hydrogen-bond donors (Lipinski definition) is 1. The molecule has 0 spiro atoms. The number of carbonyl (C=O) groups is 2. The molecule has 0 amide bonds. The van der Waals surface area contributed by atoms with Gasteiger partial charge in [0, 0.05) is 0 Å². The van der Waals surface area contributed by atoms with Crippen LogP contribution in [0, 0.1) is 0 Å². The van der Waals surface area contributed by atoms with E-state index in [1.54, 1.807) is 31.2 Å². The maximum atomic E-state index is 12.0. The molecule has 1 aliphatic rings. The molecular formula is C18H16O7. The lowest BCUT2D eigenvalue weighted by Gasteiger charge is -2.12. The first-order valence-electron chi connectivity index (χ1n) is 7.65. The zero-order chi connectivity index (χ0) is 17.8. The van der Waals surface area contributed by atoms with Crippen LogP contribution in [0.15, 0.2) is 36.4 Å². The molecule has 1 heterocycles. The van der Waals surface area contributed by atoms with E-state index in [9.17, 15) is 14.7 Å². The van der Waals surface area contributed by atoms with Crippen LogP contribution in [-0.4, -0.2) is 30.4 Å². The smallest absolute Gasteiger partial charge is 0.340 e. The van der Waals surface area contributed by atoms with Gasteiger partial charge in [0.2, 0.25) is 6.79 Å². The minimum Gasteiger partial charge on any atom is -0.488 e. The Balaban J connectivity index is 1.83. The van der Waals surface area contributed by atoms with Gasteiger partial charge in [0.1, 0.15) is 17.9 Å². The summed E-state index contributed by atoms with van der Waals surface area (Å²) in [5.41, 5.74) is 0.515. The number of benzene rings is 2. The Morgan fingerprint density at radius 3 is 2.72 bits per heavy atom. The number of carbonyl (C=O) groups excluding carboxylic acids is 1. The Hall–Kier alpha value is -3.22. The van der Waals surface area contributed by atoms with Crippen molar-refractivity contribution in [1.29, 1.82) is 0 Å². The highest BCUT2D eigenvalue weighted by molar-refractivity contribution is 6.04. The summed E-state index contributed by atoms with van der Waals surface area (Å²) >= 11 is 0. The fourth-order valence-corrected chi connectivity index (χ4v) is 2.44. The third-order valence-electron chi connectivity index (χ3n) is 3.57. The Kier molecular flexibility index (Phi) is 4.74. The molecule has 2 aromatic carbocycles. The second-order valence-corrected chi connectivity index (χ2v) is 5.18. The Bertz CT molecular complexity index is 813. The van der Waals surface area contributed by atoms with E-state index < -0.39 is 11.9 Å². The van der Waals surface area contributed by atoms with Crippen molar-refractivity contribution in [2.24, 2.45) is 0 Å². The van der Waals surface area contributed by atoms with Crippen molar-refractivity contribution in [1.82, 2.24) is 0 Å². The number of carboxylic acid groups (broad SMARTS) is 1. The van der Waals surface area contributed by atoms with Crippen molar-refractivity contribution in [3.8, 4) is 17.2 Å². The quantitative estimate of drug-likeness (QED) is 0.806. The van der Waals surface area contributed by atoms with Crippen LogP contribution in [0.5, 0.6) is 17.2 Å². The molecule has 0 aliphatic carbocycles. The average Bonchev–Trinajstić information content (AvgIpc) is 3.07. The van der Waals surface area contributed by atoms with Crippen molar-refractivity contribution in [3.63, 3.8) is 0 Å². The van der Waals surface area contributed by atoms with E-state index in [1.165, 1.54) is 12.1 Å². The van der Waals surface area contributed by atoms with Gasteiger partial charge in [-0.15, -0.1) is 0 Å². The first kappa shape index (κ1) is 16.6. The molecule has 0 atom stereocenters. The maximum Gasteiger partial charge on any atom is 0.340 e. The molecule has 0 saturated heterocycles. The Morgan fingerprint density at radius 2 is 1.96 bits per heavy atom. The zero-order valence-corrected chi connectivity index (χ0v) is 13.5. The largest absolute Gasteiger partial charge is 0.488 e. The highest BCUT2D eigenvalue weighted by Crippen LogP contribution is 2.33. The van der Waals surface area contributed by atoms with Gasteiger partial charge in [-0.2, -0.15) is 0 Å². The molecule has 1 N–H and O–H groups in total. The van der Waals surface area contributed by atoms with Crippen LogP contribution >= 0.6 is 0 Å². The van der Waals surface area contributed by atoms with Gasteiger partial charge in [-0.3, -0.25) is 0 Å². The van der Waals surface area contributed by atoms with E-state index in [-0.39, 0.29) is 36.9 Å². The van der Waals surface area contributed by atoms with Crippen LogP contribution in [0.4, 0.5) is 0 Å². The molecule has 0 aromatic heterocycles. The van der Waals surface area contributed by atoms with E-state index in [0.29, 0.717) is 11.5 Å². The van der Waals surface area contributed by atoms with Gasteiger partial charge in [0.25, 0.3) is 0 Å².